The molecule has 2 atom stereocenters. The van der Waals surface area contributed by atoms with Crippen LogP contribution in [0, 0.1) is 0 Å². The summed E-state index contributed by atoms with van der Waals surface area (Å²) >= 11 is 0. The Morgan fingerprint density at radius 1 is 1.29 bits per heavy atom. The normalized spacial score (nSPS) is 20.0. The van der Waals surface area contributed by atoms with E-state index in [-0.39, 0.29) is 12.1 Å². The summed E-state index contributed by atoms with van der Waals surface area (Å²) in [5, 5.41) is 15.8. The largest absolute Gasteiger partial charge is 0.434 e. The van der Waals surface area contributed by atoms with Gasteiger partial charge in [-0.15, -0.1) is 0 Å². The van der Waals surface area contributed by atoms with E-state index in [1.165, 1.54) is 0 Å². The van der Waals surface area contributed by atoms with Gasteiger partial charge in [-0.05, 0) is 44.2 Å². The number of oxazole rings is 1. The molecule has 0 radical (unpaired) electrons. The molecule has 2 amide bonds. The summed E-state index contributed by atoms with van der Waals surface area (Å²) < 4.78 is 5.73. The number of nitrogens with one attached hydrogen (secondary N) is 2. The van der Waals surface area contributed by atoms with Crippen molar-refractivity contribution in [2.45, 2.75) is 32.0 Å². The molecule has 28 heavy (non-hydrogen) atoms. The Labute approximate surface area is 162 Å². The second kappa shape index (κ2) is 7.57. The number of aromatic nitrogens is 2. The van der Waals surface area contributed by atoms with Crippen molar-refractivity contribution in [1.82, 2.24) is 20.2 Å². The summed E-state index contributed by atoms with van der Waals surface area (Å²) in [5.74, 6) is 0.441. The monoisotopic (exact) mass is 381 g/mol. The van der Waals surface area contributed by atoms with Gasteiger partial charge in [0.15, 0.2) is 11.2 Å². The van der Waals surface area contributed by atoms with E-state index in [1.54, 1.807) is 24.4 Å². The first-order chi connectivity index (χ1) is 13.5. The van der Waals surface area contributed by atoms with Crippen molar-refractivity contribution >= 4 is 22.9 Å². The van der Waals surface area contributed by atoms with Crippen LogP contribution in [-0.2, 0) is 0 Å². The maximum absolute atomic E-state index is 12.4. The minimum atomic E-state index is -0.577. The van der Waals surface area contributed by atoms with Gasteiger partial charge in [-0.2, -0.15) is 4.98 Å². The summed E-state index contributed by atoms with van der Waals surface area (Å²) in [7, 11) is 0. The van der Waals surface area contributed by atoms with Gasteiger partial charge in [0, 0.05) is 36.6 Å². The fourth-order valence-corrected chi connectivity index (χ4v) is 3.34. The van der Waals surface area contributed by atoms with E-state index in [2.05, 4.69) is 39.3 Å². The van der Waals surface area contributed by atoms with Crippen LogP contribution >= 0.6 is 0 Å². The highest BCUT2D eigenvalue weighted by atomic mass is 16.3. The molecule has 3 aromatic rings. The van der Waals surface area contributed by atoms with Gasteiger partial charge in [0.05, 0.1) is 12.1 Å². The number of rotatable bonds is 4. The minimum Gasteiger partial charge on any atom is -0.434 e. The molecule has 1 fully saturated rings. The predicted octanol–water partition coefficient (Wildman–Crippen LogP) is 2.46. The highest BCUT2D eigenvalue weighted by Gasteiger charge is 2.33. The van der Waals surface area contributed by atoms with Crippen LogP contribution in [0.3, 0.4) is 0 Å². The molecule has 0 spiro atoms. The third-order valence-corrected chi connectivity index (χ3v) is 4.90. The number of urea groups is 1. The van der Waals surface area contributed by atoms with E-state index in [0.717, 1.165) is 5.56 Å². The number of aliphatic hydroxyl groups is 1. The molecule has 8 nitrogen and oxygen atoms in total. The number of benzene rings is 1. The maximum atomic E-state index is 12.4. The molecule has 3 heterocycles. The number of fused-ring (bicyclic) bond motifs is 1. The molecule has 2 aromatic heterocycles. The van der Waals surface area contributed by atoms with Crippen molar-refractivity contribution in [3.8, 4) is 11.5 Å². The number of anilines is 1. The Hall–Kier alpha value is -2.97. The Kier molecular flexibility index (Phi) is 4.97. The van der Waals surface area contributed by atoms with Gasteiger partial charge in [-0.25, -0.2) is 9.78 Å². The number of hydrogen-bond donors (Lipinski definition) is 3. The molecule has 8 heteroatoms. The second-order valence-electron chi connectivity index (χ2n) is 7.24. The topological polar surface area (TPSA) is 104 Å². The number of pyridine rings is 1. The molecule has 3 N–H and O–H groups in total. The number of aliphatic hydroxyl groups excluding tert-OH is 1. The van der Waals surface area contributed by atoms with E-state index in [9.17, 15) is 9.90 Å². The predicted molar refractivity (Wildman–Crippen MR) is 106 cm³/mol. The first-order valence-electron chi connectivity index (χ1n) is 9.31. The van der Waals surface area contributed by atoms with E-state index in [0.29, 0.717) is 41.9 Å². The smallest absolute Gasteiger partial charge is 0.319 e. The molecular formula is C20H23N5O3. The van der Waals surface area contributed by atoms with Crippen molar-refractivity contribution in [2.24, 2.45) is 0 Å². The third-order valence-electron chi connectivity index (χ3n) is 4.90. The molecule has 0 aliphatic carbocycles. The van der Waals surface area contributed by atoms with Crippen molar-refractivity contribution in [3.63, 3.8) is 0 Å². The highest BCUT2D eigenvalue weighted by molar-refractivity contribution is 5.90. The zero-order chi connectivity index (χ0) is 19.7. The van der Waals surface area contributed by atoms with Crippen LogP contribution in [-0.4, -0.2) is 57.3 Å². The Bertz CT molecular complexity index is 954. The fourth-order valence-electron chi connectivity index (χ4n) is 3.34. The second-order valence-corrected chi connectivity index (χ2v) is 7.24. The van der Waals surface area contributed by atoms with Crippen molar-refractivity contribution in [1.29, 1.82) is 0 Å². The van der Waals surface area contributed by atoms with E-state index >= 15 is 0 Å². The van der Waals surface area contributed by atoms with Crippen LogP contribution in [0.2, 0.25) is 0 Å². The van der Waals surface area contributed by atoms with Crippen LogP contribution in [0.4, 0.5) is 10.5 Å². The van der Waals surface area contributed by atoms with E-state index in [4.69, 9.17) is 4.42 Å². The van der Waals surface area contributed by atoms with Gasteiger partial charge < -0.3 is 20.2 Å². The summed E-state index contributed by atoms with van der Waals surface area (Å²) in [6, 6.07) is 10.5. The lowest BCUT2D eigenvalue weighted by molar-refractivity contribution is 0.150. The molecule has 146 valence electrons. The first-order valence-corrected chi connectivity index (χ1v) is 9.31. The Morgan fingerprint density at radius 3 is 2.89 bits per heavy atom. The summed E-state index contributed by atoms with van der Waals surface area (Å²) in [6.07, 6.45) is 1.08. The zero-order valence-electron chi connectivity index (χ0n) is 15.8. The van der Waals surface area contributed by atoms with Gasteiger partial charge >= 0.3 is 6.03 Å². The molecule has 0 saturated carbocycles. The molecule has 1 aliphatic heterocycles. The van der Waals surface area contributed by atoms with Gasteiger partial charge in [0.25, 0.3) is 0 Å². The number of hydrogen-bond acceptors (Lipinski definition) is 6. The van der Waals surface area contributed by atoms with Crippen LogP contribution in [0.25, 0.3) is 22.7 Å². The van der Waals surface area contributed by atoms with Crippen LogP contribution in [0.15, 0.2) is 47.0 Å². The summed E-state index contributed by atoms with van der Waals surface area (Å²) in [4.78, 5) is 23.1. The average molecular weight is 381 g/mol. The SMILES string of the molecule is CC(C)N1C[C@H](NC(=O)Nc2cccc(-c3nc4ncccc4o3)c2)[C@@H](O)C1. The number of β-amino-alcohol motifs (C(OH)–C–C–N with tert-alkyl or cyclic N) is 1. The van der Waals surface area contributed by atoms with Gasteiger partial charge in [-0.3, -0.25) is 4.90 Å². The van der Waals surface area contributed by atoms with Crippen LogP contribution in [0.5, 0.6) is 0 Å². The number of likely N-dealkylation sites (tertiary alicyclic amines) is 1. The highest BCUT2D eigenvalue weighted by Crippen LogP contribution is 2.25. The van der Waals surface area contributed by atoms with Crippen LogP contribution < -0.4 is 10.6 Å². The Morgan fingerprint density at radius 2 is 2.14 bits per heavy atom. The van der Waals surface area contributed by atoms with Crippen molar-refractivity contribution < 1.29 is 14.3 Å². The quantitative estimate of drug-likeness (QED) is 0.641. The lowest BCUT2D eigenvalue weighted by Crippen LogP contribution is -2.45. The van der Waals surface area contributed by atoms with E-state index in [1.807, 2.05) is 18.2 Å². The molecule has 0 unspecified atom stereocenters. The number of carbonyl (C=O) groups excluding carboxylic acids is 1. The average Bonchev–Trinajstić information content (AvgIpc) is 3.26. The van der Waals surface area contributed by atoms with Crippen molar-refractivity contribution in [2.75, 3.05) is 18.4 Å². The van der Waals surface area contributed by atoms with Crippen molar-refractivity contribution in [3.05, 3.63) is 42.6 Å². The fraction of sp³-hybridized carbons (Fsp3) is 0.350. The molecular weight excluding hydrogens is 358 g/mol. The molecule has 0 bridgehead atoms. The first kappa shape index (κ1) is 18.4. The van der Waals surface area contributed by atoms with E-state index < -0.39 is 6.10 Å². The van der Waals surface area contributed by atoms with Crippen LogP contribution in [0.1, 0.15) is 13.8 Å². The third kappa shape index (κ3) is 3.83. The van der Waals surface area contributed by atoms with Gasteiger partial charge in [0.1, 0.15) is 0 Å². The Balaban J connectivity index is 1.44. The summed E-state index contributed by atoms with van der Waals surface area (Å²) in [5.41, 5.74) is 2.50. The van der Waals surface area contributed by atoms with Gasteiger partial charge in [0.2, 0.25) is 5.89 Å². The zero-order valence-corrected chi connectivity index (χ0v) is 15.8. The number of amides is 2. The lowest BCUT2D eigenvalue weighted by Gasteiger charge is -2.20. The molecule has 1 aliphatic rings. The molecule has 1 aromatic carbocycles. The molecule has 4 rings (SSSR count). The standard InChI is InChI=1S/C20H23N5O3/c1-12(2)25-10-15(16(26)11-25)23-20(27)22-14-6-3-5-13(9-14)19-24-18-17(28-19)7-4-8-21-18/h3-9,12,15-16,26H,10-11H2,1-2H3,(H2,22,23,27)/t15-,16-/m0/s1. The summed E-state index contributed by atoms with van der Waals surface area (Å²) in [6.45, 7) is 5.33. The van der Waals surface area contributed by atoms with Gasteiger partial charge in [-0.1, -0.05) is 6.07 Å². The number of nitrogens with zero attached hydrogens (tertiary/aromatic N) is 3. The minimum absolute atomic E-state index is 0.298. The lowest BCUT2D eigenvalue weighted by atomic mass is 10.2. The number of carbonyl (C=O) groups is 1. The maximum Gasteiger partial charge on any atom is 0.319 e. The molecule has 1 saturated heterocycles.